The largest absolute Gasteiger partial charge is 0.478 e. The molecule has 1 aromatic heterocycles. The molecule has 4 atom stereocenters. The third-order valence-corrected chi connectivity index (χ3v) is 8.94. The van der Waals surface area contributed by atoms with Crippen LogP contribution in [-0.4, -0.2) is 46.3 Å². The average Bonchev–Trinajstić information content (AvgIpc) is 3.14. The minimum atomic E-state index is -0.823. The summed E-state index contributed by atoms with van der Waals surface area (Å²) in [4.78, 5) is 17.9. The highest BCUT2D eigenvalue weighted by molar-refractivity contribution is 5.85. The molecule has 5 aliphatic rings. The van der Waals surface area contributed by atoms with Crippen molar-refractivity contribution in [3.63, 3.8) is 0 Å². The molecule has 4 fully saturated rings. The lowest BCUT2D eigenvalue weighted by atomic mass is 9.53. The summed E-state index contributed by atoms with van der Waals surface area (Å²) >= 11 is 0. The van der Waals surface area contributed by atoms with E-state index in [2.05, 4.69) is 41.1 Å². The van der Waals surface area contributed by atoms with Gasteiger partial charge in [-0.1, -0.05) is 24.3 Å². The predicted octanol–water partition coefficient (Wildman–Crippen LogP) is 4.94. The van der Waals surface area contributed by atoms with Crippen molar-refractivity contribution in [1.29, 1.82) is 0 Å². The van der Waals surface area contributed by atoms with Gasteiger partial charge in [0.05, 0.1) is 6.04 Å². The van der Waals surface area contributed by atoms with Crippen molar-refractivity contribution in [2.45, 2.75) is 63.6 Å². The molecule has 2 bridgehead atoms. The summed E-state index contributed by atoms with van der Waals surface area (Å²) in [5, 5.41) is 10.6. The molecule has 2 aromatic rings. The van der Waals surface area contributed by atoms with E-state index in [4.69, 9.17) is 4.74 Å². The smallest absolute Gasteiger partial charge is 0.327 e. The Morgan fingerprint density at radius 1 is 1.16 bits per heavy atom. The van der Waals surface area contributed by atoms with Crippen molar-refractivity contribution >= 4 is 16.9 Å². The van der Waals surface area contributed by atoms with Crippen LogP contribution in [0.25, 0.3) is 10.9 Å². The molecule has 7 rings (SSSR count). The summed E-state index contributed by atoms with van der Waals surface area (Å²) in [6.07, 6.45) is 10.3. The van der Waals surface area contributed by atoms with E-state index in [1.54, 1.807) is 0 Å². The fourth-order valence-electron chi connectivity index (χ4n) is 7.46. The highest BCUT2D eigenvalue weighted by Crippen LogP contribution is 2.59. The Kier molecular flexibility index (Phi) is 5.14. The number of aliphatic carboxylic acids is 1. The monoisotopic (exact) mass is 434 g/mol. The summed E-state index contributed by atoms with van der Waals surface area (Å²) in [5.74, 6) is 1.57. The van der Waals surface area contributed by atoms with Crippen LogP contribution in [0.4, 0.5) is 0 Å². The Morgan fingerprint density at radius 2 is 1.94 bits per heavy atom. The number of para-hydroxylation sites is 1. The number of nitrogens with one attached hydrogen (secondary N) is 1. The number of carboxylic acids is 1. The molecule has 2 aliphatic heterocycles. The number of aromatic amines is 1. The number of H-pyrrole nitrogens is 1. The second kappa shape index (κ2) is 8.03. The lowest BCUT2D eigenvalue weighted by molar-refractivity contribution is -0.131. The number of carboxylic acid groups (broad SMARTS) is 1. The van der Waals surface area contributed by atoms with E-state index in [0.29, 0.717) is 35.9 Å². The highest BCUT2D eigenvalue weighted by Gasteiger charge is 2.52. The number of allylic oxidation sites excluding steroid dienone is 1. The number of rotatable bonds is 4. The van der Waals surface area contributed by atoms with E-state index in [0.717, 1.165) is 44.8 Å². The van der Waals surface area contributed by atoms with Crippen LogP contribution in [0.5, 0.6) is 0 Å². The van der Waals surface area contributed by atoms with Crippen LogP contribution in [0.3, 0.4) is 0 Å². The maximum atomic E-state index is 11.2. The van der Waals surface area contributed by atoms with Crippen LogP contribution in [0.2, 0.25) is 0 Å². The lowest BCUT2D eigenvalue weighted by Gasteiger charge is -2.57. The van der Waals surface area contributed by atoms with Gasteiger partial charge in [0.2, 0.25) is 0 Å². The highest BCUT2D eigenvalue weighted by atomic mass is 16.5. The molecule has 32 heavy (non-hydrogen) atoms. The molecule has 0 amide bonds. The van der Waals surface area contributed by atoms with Crippen LogP contribution in [0.15, 0.2) is 36.4 Å². The average molecular weight is 435 g/mol. The van der Waals surface area contributed by atoms with Crippen molar-refractivity contribution in [2.75, 3.05) is 13.2 Å². The molecule has 5 nitrogen and oxygen atoms in total. The molecule has 5 heteroatoms. The zero-order valence-electron chi connectivity index (χ0n) is 18.9. The van der Waals surface area contributed by atoms with Gasteiger partial charge in [-0.25, -0.2) is 4.79 Å². The standard InChI is InChI=1S/C27H34N2O3/c1-16-12-23-21-4-2-3-5-24(21)28-26(23)27(29(16)20-8-10-32-11-9-20)22-15-17(6-7-25(30)31)18-13-19(22)14-18/h2-7,16-20,22,27-28H,8-15H2,1H3,(H,30,31)/b7-6+. The Labute approximate surface area is 189 Å². The topological polar surface area (TPSA) is 65.6 Å². The van der Waals surface area contributed by atoms with Gasteiger partial charge in [0.15, 0.2) is 0 Å². The number of carbonyl (C=O) groups is 1. The minimum Gasteiger partial charge on any atom is -0.478 e. The van der Waals surface area contributed by atoms with Gasteiger partial charge >= 0.3 is 5.97 Å². The van der Waals surface area contributed by atoms with Crippen LogP contribution in [0, 0.1) is 23.7 Å². The summed E-state index contributed by atoms with van der Waals surface area (Å²) in [5.41, 5.74) is 4.21. The van der Waals surface area contributed by atoms with Crippen LogP contribution < -0.4 is 0 Å². The Morgan fingerprint density at radius 3 is 2.72 bits per heavy atom. The Bertz CT molecular complexity index is 1030. The lowest BCUT2D eigenvalue weighted by Crippen LogP contribution is -2.55. The van der Waals surface area contributed by atoms with E-state index < -0.39 is 5.97 Å². The molecule has 4 unspecified atom stereocenters. The van der Waals surface area contributed by atoms with Crippen LogP contribution >= 0.6 is 0 Å². The molecule has 0 spiro atoms. The number of hydrogen-bond acceptors (Lipinski definition) is 3. The first kappa shape index (κ1) is 20.5. The van der Waals surface area contributed by atoms with Crippen molar-refractivity contribution in [3.05, 3.63) is 47.7 Å². The van der Waals surface area contributed by atoms with E-state index in [1.807, 2.05) is 6.08 Å². The second-order valence-corrected chi connectivity index (χ2v) is 10.6. The zero-order valence-corrected chi connectivity index (χ0v) is 18.9. The summed E-state index contributed by atoms with van der Waals surface area (Å²) in [7, 11) is 0. The molecule has 170 valence electrons. The van der Waals surface area contributed by atoms with Crippen LogP contribution in [0.1, 0.15) is 56.3 Å². The van der Waals surface area contributed by atoms with Crippen molar-refractivity contribution in [1.82, 2.24) is 9.88 Å². The first-order chi connectivity index (χ1) is 15.6. The maximum absolute atomic E-state index is 11.2. The van der Waals surface area contributed by atoms with E-state index in [9.17, 15) is 9.90 Å². The molecule has 1 saturated heterocycles. The summed E-state index contributed by atoms with van der Waals surface area (Å²) in [6, 6.07) is 10.2. The van der Waals surface area contributed by atoms with Crippen molar-refractivity contribution in [3.8, 4) is 0 Å². The van der Waals surface area contributed by atoms with E-state index in [1.165, 1.54) is 41.1 Å². The van der Waals surface area contributed by atoms with Crippen molar-refractivity contribution < 1.29 is 14.6 Å². The third-order valence-electron chi connectivity index (χ3n) is 8.94. The predicted molar refractivity (Wildman–Crippen MR) is 124 cm³/mol. The number of fused-ring (bicyclic) bond motifs is 5. The third kappa shape index (κ3) is 3.32. The zero-order chi connectivity index (χ0) is 21.8. The van der Waals surface area contributed by atoms with Gasteiger partial charge in [-0.15, -0.1) is 0 Å². The van der Waals surface area contributed by atoms with E-state index in [-0.39, 0.29) is 0 Å². The molecule has 1 aromatic carbocycles. The molecular weight excluding hydrogens is 400 g/mol. The van der Waals surface area contributed by atoms with Gasteiger partial charge in [-0.2, -0.15) is 0 Å². The molecule has 3 saturated carbocycles. The normalized spacial score (nSPS) is 35.7. The number of hydrogen-bond donors (Lipinski definition) is 2. The van der Waals surface area contributed by atoms with Gasteiger partial charge in [0.25, 0.3) is 0 Å². The first-order valence-electron chi connectivity index (χ1n) is 12.5. The number of aromatic nitrogens is 1. The quantitative estimate of drug-likeness (QED) is 0.669. The van der Waals surface area contributed by atoms with Crippen molar-refractivity contribution in [2.24, 2.45) is 23.7 Å². The van der Waals surface area contributed by atoms with Gasteiger partial charge in [-0.05, 0) is 80.8 Å². The van der Waals surface area contributed by atoms with E-state index >= 15 is 0 Å². The molecule has 0 radical (unpaired) electrons. The Hall–Kier alpha value is -2.11. The molecule has 3 heterocycles. The summed E-state index contributed by atoms with van der Waals surface area (Å²) in [6.45, 7) is 4.14. The van der Waals surface area contributed by atoms with Gasteiger partial charge in [0.1, 0.15) is 0 Å². The number of benzene rings is 1. The SMILES string of the molecule is CC1Cc2c([nH]c3ccccc23)C(C2CC(/C=C/C(=O)O)C3CC2C3)N1C1CCOCC1. The first-order valence-corrected chi connectivity index (χ1v) is 12.5. The summed E-state index contributed by atoms with van der Waals surface area (Å²) < 4.78 is 5.73. The van der Waals surface area contributed by atoms with Crippen LogP contribution in [-0.2, 0) is 16.0 Å². The fourth-order valence-corrected chi connectivity index (χ4v) is 7.46. The molecular formula is C27H34N2O3. The Balaban J connectivity index is 1.42. The fraction of sp³-hybridized carbons (Fsp3) is 0.593. The maximum Gasteiger partial charge on any atom is 0.327 e. The molecule has 3 aliphatic carbocycles. The minimum absolute atomic E-state index is 0.385. The number of ether oxygens (including phenoxy) is 1. The molecule has 2 N–H and O–H groups in total. The van der Waals surface area contributed by atoms with Gasteiger partial charge < -0.3 is 14.8 Å². The van der Waals surface area contributed by atoms with Gasteiger partial charge in [-0.3, -0.25) is 4.90 Å². The number of nitrogens with zero attached hydrogens (tertiary/aromatic N) is 1. The second-order valence-electron chi connectivity index (χ2n) is 10.6. The van der Waals surface area contributed by atoms with Gasteiger partial charge in [0, 0.05) is 48.0 Å².